The van der Waals surface area contributed by atoms with Crippen LogP contribution in [0.3, 0.4) is 0 Å². The van der Waals surface area contributed by atoms with Crippen LogP contribution in [0.25, 0.3) is 11.2 Å². The van der Waals surface area contributed by atoms with Crippen molar-refractivity contribution in [2.75, 3.05) is 6.61 Å². The number of ether oxygens (including phenoxy) is 1. The summed E-state index contributed by atoms with van der Waals surface area (Å²) in [6, 6.07) is 1.22. The molecule has 0 aromatic carbocycles. The molecule has 2 aromatic heterocycles. The molecular formula is C12H14N4O6. The SMILES string of the molecule is C[C@@]1(O)[C@H](O)[C@@H](CO)O[C@H]1n1cnc2c([N+](=O)[O-])ccnc21. The quantitative estimate of drug-likeness (QED) is 0.500. The van der Waals surface area contributed by atoms with Crippen LogP contribution in [0.1, 0.15) is 13.2 Å². The van der Waals surface area contributed by atoms with E-state index in [4.69, 9.17) is 4.74 Å². The number of hydrogen-bond donors (Lipinski definition) is 3. The Hall–Kier alpha value is -2.14. The lowest BCUT2D eigenvalue weighted by Gasteiger charge is -2.27. The Morgan fingerprint density at radius 3 is 2.86 bits per heavy atom. The molecule has 118 valence electrons. The molecule has 10 heteroatoms. The van der Waals surface area contributed by atoms with E-state index in [2.05, 4.69) is 9.97 Å². The first-order valence-electron chi connectivity index (χ1n) is 6.50. The highest BCUT2D eigenvalue weighted by atomic mass is 16.6. The van der Waals surface area contributed by atoms with Crippen molar-refractivity contribution in [3.8, 4) is 0 Å². The minimum Gasteiger partial charge on any atom is -0.394 e. The van der Waals surface area contributed by atoms with Crippen LogP contribution in [0.5, 0.6) is 0 Å². The van der Waals surface area contributed by atoms with E-state index in [0.29, 0.717) is 0 Å². The van der Waals surface area contributed by atoms with Crippen molar-refractivity contribution in [3.63, 3.8) is 0 Å². The van der Waals surface area contributed by atoms with E-state index in [1.165, 1.54) is 30.1 Å². The monoisotopic (exact) mass is 310 g/mol. The number of rotatable bonds is 3. The summed E-state index contributed by atoms with van der Waals surface area (Å²) in [7, 11) is 0. The number of aromatic nitrogens is 3. The molecule has 0 bridgehead atoms. The van der Waals surface area contributed by atoms with E-state index < -0.39 is 35.6 Å². The van der Waals surface area contributed by atoms with Crippen molar-refractivity contribution in [2.24, 2.45) is 0 Å². The van der Waals surface area contributed by atoms with Gasteiger partial charge in [0.05, 0.1) is 17.9 Å². The van der Waals surface area contributed by atoms with Crippen LogP contribution in [-0.2, 0) is 4.74 Å². The number of fused-ring (bicyclic) bond motifs is 1. The summed E-state index contributed by atoms with van der Waals surface area (Å²) in [6.45, 7) is 0.870. The van der Waals surface area contributed by atoms with Gasteiger partial charge in [-0.1, -0.05) is 0 Å². The number of imidazole rings is 1. The Morgan fingerprint density at radius 2 is 2.27 bits per heavy atom. The first-order valence-corrected chi connectivity index (χ1v) is 6.50. The normalized spacial score (nSPS) is 31.7. The molecule has 4 atom stereocenters. The van der Waals surface area contributed by atoms with Gasteiger partial charge in [-0.3, -0.25) is 14.7 Å². The first kappa shape index (κ1) is 14.8. The second-order valence-electron chi connectivity index (χ2n) is 5.29. The van der Waals surface area contributed by atoms with Crippen LogP contribution in [0.2, 0.25) is 0 Å². The first-order chi connectivity index (χ1) is 10.4. The average Bonchev–Trinajstić information content (AvgIpc) is 2.99. The van der Waals surface area contributed by atoms with Gasteiger partial charge in [-0.05, 0) is 6.92 Å². The highest BCUT2D eigenvalue weighted by molar-refractivity contribution is 5.81. The van der Waals surface area contributed by atoms with Gasteiger partial charge in [0.15, 0.2) is 17.4 Å². The van der Waals surface area contributed by atoms with Gasteiger partial charge in [-0.15, -0.1) is 0 Å². The summed E-state index contributed by atoms with van der Waals surface area (Å²) in [5.41, 5.74) is -1.74. The third-order valence-electron chi connectivity index (χ3n) is 3.82. The largest absolute Gasteiger partial charge is 0.394 e. The number of nitrogens with zero attached hydrogens (tertiary/aromatic N) is 4. The van der Waals surface area contributed by atoms with Crippen LogP contribution in [0.4, 0.5) is 5.69 Å². The van der Waals surface area contributed by atoms with Crippen LogP contribution < -0.4 is 0 Å². The van der Waals surface area contributed by atoms with Crippen LogP contribution in [-0.4, -0.2) is 59.2 Å². The highest BCUT2D eigenvalue weighted by Crippen LogP contribution is 2.39. The Kier molecular flexibility index (Phi) is 3.33. The van der Waals surface area contributed by atoms with Crippen molar-refractivity contribution in [2.45, 2.75) is 31.0 Å². The summed E-state index contributed by atoms with van der Waals surface area (Å²) >= 11 is 0. The van der Waals surface area contributed by atoms with E-state index in [1.807, 2.05) is 0 Å². The average molecular weight is 310 g/mol. The second kappa shape index (κ2) is 4.95. The molecule has 0 spiro atoms. The number of nitro groups is 1. The van der Waals surface area contributed by atoms with Crippen LogP contribution in [0, 0.1) is 10.1 Å². The molecule has 22 heavy (non-hydrogen) atoms. The molecule has 2 aromatic rings. The minimum atomic E-state index is -1.71. The maximum atomic E-state index is 11.0. The van der Waals surface area contributed by atoms with Crippen LogP contribution >= 0.6 is 0 Å². The van der Waals surface area contributed by atoms with Gasteiger partial charge in [0.2, 0.25) is 0 Å². The second-order valence-corrected chi connectivity index (χ2v) is 5.29. The van der Waals surface area contributed by atoms with Crippen molar-refractivity contribution in [3.05, 3.63) is 28.7 Å². The predicted molar refractivity (Wildman–Crippen MR) is 71.8 cm³/mol. The van der Waals surface area contributed by atoms with Crippen LogP contribution in [0.15, 0.2) is 18.6 Å². The highest BCUT2D eigenvalue weighted by Gasteiger charge is 2.53. The Morgan fingerprint density at radius 1 is 1.55 bits per heavy atom. The molecule has 1 aliphatic rings. The minimum absolute atomic E-state index is 0.0499. The zero-order valence-corrected chi connectivity index (χ0v) is 11.5. The van der Waals surface area contributed by atoms with Crippen molar-refractivity contribution < 1.29 is 25.0 Å². The number of aliphatic hydroxyl groups is 3. The smallest absolute Gasteiger partial charge is 0.300 e. The lowest BCUT2D eigenvalue weighted by molar-refractivity contribution is -0.383. The summed E-state index contributed by atoms with van der Waals surface area (Å²) < 4.78 is 6.76. The fourth-order valence-electron chi connectivity index (χ4n) is 2.63. The van der Waals surface area contributed by atoms with Gasteiger partial charge in [0.25, 0.3) is 5.69 Å². The van der Waals surface area contributed by atoms with Gasteiger partial charge < -0.3 is 20.1 Å². The Balaban J connectivity index is 2.12. The zero-order chi connectivity index (χ0) is 16.1. The van der Waals surface area contributed by atoms with E-state index in [9.17, 15) is 25.4 Å². The summed E-state index contributed by atoms with van der Waals surface area (Å²) in [6.07, 6.45) is -0.882. The number of aliphatic hydroxyl groups excluding tert-OH is 2. The summed E-state index contributed by atoms with van der Waals surface area (Å²) in [5, 5.41) is 40.6. The van der Waals surface area contributed by atoms with E-state index >= 15 is 0 Å². The van der Waals surface area contributed by atoms with Gasteiger partial charge in [0.1, 0.15) is 17.8 Å². The summed E-state index contributed by atoms with van der Waals surface area (Å²) in [5.74, 6) is 0. The van der Waals surface area contributed by atoms with Gasteiger partial charge in [-0.2, -0.15) is 0 Å². The molecule has 3 N–H and O–H groups in total. The molecule has 1 saturated heterocycles. The predicted octanol–water partition coefficient (Wildman–Crippen LogP) is -0.659. The van der Waals surface area contributed by atoms with Gasteiger partial charge >= 0.3 is 0 Å². The lowest BCUT2D eigenvalue weighted by Crippen LogP contribution is -2.44. The van der Waals surface area contributed by atoms with E-state index in [0.717, 1.165) is 0 Å². The molecule has 3 heterocycles. The molecule has 3 rings (SSSR count). The Labute approximate surface area is 123 Å². The third-order valence-corrected chi connectivity index (χ3v) is 3.82. The fourth-order valence-corrected chi connectivity index (χ4v) is 2.63. The van der Waals surface area contributed by atoms with Crippen molar-refractivity contribution in [1.29, 1.82) is 0 Å². The molecule has 1 aliphatic heterocycles. The number of pyridine rings is 1. The molecule has 0 radical (unpaired) electrons. The standard InChI is InChI=1S/C12H14N4O6/c1-12(19)9(18)7(4-17)22-11(12)15-5-14-8-6(16(20)21)2-3-13-10(8)15/h2-3,5,7,9,11,17-19H,4H2,1H3/t7-,9-,11-,12-/m1/s1. The molecule has 10 nitrogen and oxygen atoms in total. The van der Waals surface area contributed by atoms with E-state index in [1.54, 1.807) is 0 Å². The zero-order valence-electron chi connectivity index (χ0n) is 11.5. The molecule has 1 fully saturated rings. The van der Waals surface area contributed by atoms with Crippen molar-refractivity contribution >= 4 is 16.9 Å². The van der Waals surface area contributed by atoms with E-state index in [-0.39, 0.29) is 16.9 Å². The molecule has 0 saturated carbocycles. The van der Waals surface area contributed by atoms with Crippen molar-refractivity contribution in [1.82, 2.24) is 14.5 Å². The maximum Gasteiger partial charge on any atom is 0.300 e. The van der Waals surface area contributed by atoms with Gasteiger partial charge in [-0.25, -0.2) is 9.97 Å². The molecule has 0 amide bonds. The summed E-state index contributed by atoms with van der Waals surface area (Å²) in [4.78, 5) is 18.4. The molecular weight excluding hydrogens is 296 g/mol. The molecule has 0 unspecified atom stereocenters. The maximum absolute atomic E-state index is 11.0. The topological polar surface area (TPSA) is 144 Å². The van der Waals surface area contributed by atoms with Gasteiger partial charge in [0, 0.05) is 12.3 Å². The molecule has 0 aliphatic carbocycles. The number of hydrogen-bond acceptors (Lipinski definition) is 8. The third kappa shape index (κ3) is 1.96. The Bertz CT molecular complexity index is 729. The fraction of sp³-hybridized carbons (Fsp3) is 0.500. The lowest BCUT2D eigenvalue weighted by atomic mass is 9.96.